The van der Waals surface area contributed by atoms with Crippen LogP contribution in [0.15, 0.2) is 29.2 Å². The summed E-state index contributed by atoms with van der Waals surface area (Å²) in [5, 5.41) is 9.23. The third-order valence-electron chi connectivity index (χ3n) is 3.64. The summed E-state index contributed by atoms with van der Waals surface area (Å²) in [6.07, 6.45) is 2.14. The molecule has 1 fully saturated rings. The van der Waals surface area contributed by atoms with Crippen molar-refractivity contribution in [2.75, 3.05) is 6.54 Å². The van der Waals surface area contributed by atoms with Crippen molar-refractivity contribution < 1.29 is 18.3 Å². The normalized spacial score (nSPS) is 22.9. The molecule has 0 spiro atoms. The Morgan fingerprint density at radius 1 is 1.35 bits per heavy atom. The summed E-state index contributed by atoms with van der Waals surface area (Å²) in [6, 6.07) is 6.18. The zero-order chi connectivity index (χ0) is 14.8. The molecule has 1 aromatic carbocycles. The van der Waals surface area contributed by atoms with Crippen LogP contribution in [0.2, 0.25) is 5.02 Å². The third kappa shape index (κ3) is 3.31. The van der Waals surface area contributed by atoms with E-state index in [0.717, 1.165) is 12.8 Å². The van der Waals surface area contributed by atoms with Gasteiger partial charge < -0.3 is 5.11 Å². The number of aliphatic carboxylic acids is 1. The van der Waals surface area contributed by atoms with E-state index >= 15 is 0 Å². The van der Waals surface area contributed by atoms with Gasteiger partial charge in [-0.25, -0.2) is 13.1 Å². The van der Waals surface area contributed by atoms with E-state index in [0.29, 0.717) is 6.42 Å². The molecule has 0 aliphatic heterocycles. The fraction of sp³-hybridized carbons (Fsp3) is 0.462. The van der Waals surface area contributed by atoms with E-state index in [2.05, 4.69) is 4.72 Å². The van der Waals surface area contributed by atoms with Gasteiger partial charge in [-0.15, -0.1) is 0 Å². The standard InChI is InChI=1S/C13H16ClNO4S/c14-11-6-1-2-7-12(11)20(18,19)15-8-9-4-3-5-10(9)13(16)17/h1-2,6-7,9-10,15H,3-5,8H2,(H,16,17). The smallest absolute Gasteiger partial charge is 0.306 e. The van der Waals surface area contributed by atoms with Crippen LogP contribution < -0.4 is 4.72 Å². The zero-order valence-electron chi connectivity index (χ0n) is 10.8. The molecule has 5 nitrogen and oxygen atoms in total. The van der Waals surface area contributed by atoms with Crippen LogP contribution in [0.25, 0.3) is 0 Å². The molecule has 0 amide bonds. The lowest BCUT2D eigenvalue weighted by Gasteiger charge is -2.16. The maximum absolute atomic E-state index is 12.1. The van der Waals surface area contributed by atoms with E-state index < -0.39 is 21.9 Å². The number of rotatable bonds is 5. The van der Waals surface area contributed by atoms with Crippen LogP contribution in [0.3, 0.4) is 0 Å². The number of hydrogen-bond donors (Lipinski definition) is 2. The highest BCUT2D eigenvalue weighted by Crippen LogP contribution is 2.31. The fourth-order valence-corrected chi connectivity index (χ4v) is 4.18. The fourth-order valence-electron chi connectivity index (χ4n) is 2.56. The average molecular weight is 318 g/mol. The van der Waals surface area contributed by atoms with Gasteiger partial charge in [-0.1, -0.05) is 30.2 Å². The molecule has 1 aliphatic carbocycles. The van der Waals surface area contributed by atoms with Crippen LogP contribution in [0.4, 0.5) is 0 Å². The molecule has 1 aliphatic rings. The summed E-state index contributed by atoms with van der Waals surface area (Å²) in [6.45, 7) is 0.129. The predicted octanol–water partition coefficient (Wildman–Crippen LogP) is 2.12. The van der Waals surface area contributed by atoms with E-state index in [1.165, 1.54) is 12.1 Å². The molecular weight excluding hydrogens is 302 g/mol. The van der Waals surface area contributed by atoms with Gasteiger partial charge in [0.05, 0.1) is 10.9 Å². The highest BCUT2D eigenvalue weighted by atomic mass is 35.5. The number of hydrogen-bond acceptors (Lipinski definition) is 3. The minimum absolute atomic E-state index is 0.0199. The zero-order valence-corrected chi connectivity index (χ0v) is 12.3. The molecule has 7 heteroatoms. The second-order valence-electron chi connectivity index (χ2n) is 4.92. The van der Waals surface area contributed by atoms with Gasteiger partial charge in [-0.05, 0) is 30.9 Å². The van der Waals surface area contributed by atoms with Gasteiger partial charge in [0.25, 0.3) is 0 Å². The molecule has 0 saturated heterocycles. The molecule has 0 bridgehead atoms. The van der Waals surface area contributed by atoms with Crippen LogP contribution >= 0.6 is 11.6 Å². The summed E-state index contributed by atoms with van der Waals surface area (Å²) >= 11 is 5.87. The van der Waals surface area contributed by atoms with E-state index in [9.17, 15) is 13.2 Å². The summed E-state index contributed by atoms with van der Waals surface area (Å²) < 4.78 is 26.8. The van der Waals surface area contributed by atoms with Gasteiger partial charge in [-0.2, -0.15) is 0 Å². The highest BCUT2D eigenvalue weighted by molar-refractivity contribution is 7.89. The molecule has 2 unspecified atom stereocenters. The molecule has 0 radical (unpaired) electrons. The van der Waals surface area contributed by atoms with Crippen LogP contribution in [-0.4, -0.2) is 26.0 Å². The van der Waals surface area contributed by atoms with Crippen molar-refractivity contribution in [3.05, 3.63) is 29.3 Å². The molecule has 2 rings (SSSR count). The Labute approximate surface area is 123 Å². The van der Waals surface area contributed by atoms with Crippen LogP contribution in [-0.2, 0) is 14.8 Å². The van der Waals surface area contributed by atoms with Crippen molar-refractivity contribution >= 4 is 27.6 Å². The van der Waals surface area contributed by atoms with E-state index in [1.54, 1.807) is 12.1 Å². The molecule has 1 aromatic rings. The second-order valence-corrected chi connectivity index (χ2v) is 7.06. The van der Waals surface area contributed by atoms with Gasteiger partial charge in [-0.3, -0.25) is 4.79 Å². The van der Waals surface area contributed by atoms with Crippen LogP contribution in [0, 0.1) is 11.8 Å². The van der Waals surface area contributed by atoms with Gasteiger partial charge in [0.2, 0.25) is 10.0 Å². The minimum Gasteiger partial charge on any atom is -0.481 e. The van der Waals surface area contributed by atoms with Gasteiger partial charge in [0.1, 0.15) is 4.90 Å². The third-order valence-corrected chi connectivity index (χ3v) is 5.56. The van der Waals surface area contributed by atoms with Crippen molar-refractivity contribution in [2.45, 2.75) is 24.2 Å². The minimum atomic E-state index is -3.70. The van der Waals surface area contributed by atoms with Crippen LogP contribution in [0.1, 0.15) is 19.3 Å². The number of carboxylic acid groups (broad SMARTS) is 1. The molecule has 110 valence electrons. The van der Waals surface area contributed by atoms with Crippen molar-refractivity contribution in [1.29, 1.82) is 0 Å². The van der Waals surface area contributed by atoms with E-state index in [1.807, 2.05) is 0 Å². The molecule has 2 atom stereocenters. The Bertz CT molecular complexity index is 602. The summed E-state index contributed by atoms with van der Waals surface area (Å²) in [5.74, 6) is -1.49. The number of halogens is 1. The maximum Gasteiger partial charge on any atom is 0.306 e. The Morgan fingerprint density at radius 3 is 2.70 bits per heavy atom. The molecule has 0 aromatic heterocycles. The predicted molar refractivity (Wildman–Crippen MR) is 75.1 cm³/mol. The first-order valence-corrected chi connectivity index (χ1v) is 8.25. The highest BCUT2D eigenvalue weighted by Gasteiger charge is 2.33. The van der Waals surface area contributed by atoms with Gasteiger partial charge in [0.15, 0.2) is 0 Å². The van der Waals surface area contributed by atoms with Crippen molar-refractivity contribution in [3.8, 4) is 0 Å². The number of carbonyl (C=O) groups is 1. The lowest BCUT2D eigenvalue weighted by molar-refractivity contribution is -0.142. The van der Waals surface area contributed by atoms with Gasteiger partial charge in [0, 0.05) is 6.54 Å². The first kappa shape index (κ1) is 15.3. The van der Waals surface area contributed by atoms with Crippen LogP contribution in [0.5, 0.6) is 0 Å². The second kappa shape index (κ2) is 6.11. The Balaban J connectivity index is 2.07. The number of nitrogens with one attached hydrogen (secondary N) is 1. The van der Waals surface area contributed by atoms with Crippen molar-refractivity contribution in [2.24, 2.45) is 11.8 Å². The molecule has 1 saturated carbocycles. The SMILES string of the molecule is O=C(O)C1CCCC1CNS(=O)(=O)c1ccccc1Cl. The topological polar surface area (TPSA) is 83.5 Å². The number of sulfonamides is 1. The van der Waals surface area contributed by atoms with Crippen molar-refractivity contribution in [1.82, 2.24) is 4.72 Å². The summed E-state index contributed by atoms with van der Waals surface area (Å²) in [5.41, 5.74) is 0. The van der Waals surface area contributed by atoms with E-state index in [-0.39, 0.29) is 22.4 Å². The Hall–Kier alpha value is -1.11. The number of carboxylic acids is 1. The molecule has 0 heterocycles. The quantitative estimate of drug-likeness (QED) is 0.871. The average Bonchev–Trinajstić information content (AvgIpc) is 2.85. The largest absolute Gasteiger partial charge is 0.481 e. The molecule has 2 N–H and O–H groups in total. The first-order valence-electron chi connectivity index (χ1n) is 6.39. The Morgan fingerprint density at radius 2 is 2.05 bits per heavy atom. The number of benzene rings is 1. The summed E-state index contributed by atoms with van der Waals surface area (Å²) in [7, 11) is -3.70. The maximum atomic E-state index is 12.1. The van der Waals surface area contributed by atoms with E-state index in [4.69, 9.17) is 16.7 Å². The van der Waals surface area contributed by atoms with Gasteiger partial charge >= 0.3 is 5.97 Å². The monoisotopic (exact) mass is 317 g/mol. The lowest BCUT2D eigenvalue weighted by atomic mass is 9.97. The molecular formula is C13H16ClNO4S. The lowest BCUT2D eigenvalue weighted by Crippen LogP contribution is -2.33. The first-order chi connectivity index (χ1) is 9.42. The van der Waals surface area contributed by atoms with Crippen molar-refractivity contribution in [3.63, 3.8) is 0 Å². The summed E-state index contributed by atoms with van der Waals surface area (Å²) in [4.78, 5) is 11.1. The molecule has 20 heavy (non-hydrogen) atoms. The Kier molecular flexibility index (Phi) is 4.67.